The molecule has 4 bridgehead atoms. The molecular formula is C62H50N4O4. The van der Waals surface area contributed by atoms with Crippen LogP contribution in [0, 0.1) is 115 Å². The lowest BCUT2D eigenvalue weighted by Crippen LogP contribution is -2.25. The minimum atomic E-state index is -0.498. The van der Waals surface area contributed by atoms with Gasteiger partial charge in [-0.2, -0.15) is 0 Å². The van der Waals surface area contributed by atoms with E-state index in [1.165, 1.54) is 24.3 Å². The van der Waals surface area contributed by atoms with Gasteiger partial charge in [-0.15, -0.1) is 0 Å². The molecule has 5 aromatic rings. The minimum absolute atomic E-state index is 0.159. The standard InChI is InChI=1S/C62H50N4O4/c1-5-9-37-63(38-10-6-2)59-33-29-47-21-25-55-41-56(26-22-48-30-34-60(64(39-11-7-3)40-12-8-4)44-52(48)18-14-13-17-51(47)43-59)58-28-24-50-32-36-62(66(69)70)46-54(50)20-16-15-19-53-45-61(65(67)68)35-31-49(53)23-27-57(55)42-58/h29-36,41-46H,5-12,37-40H2,1-4H3. The fourth-order valence-electron chi connectivity index (χ4n) is 7.68. The molecule has 0 amide bonds. The maximum atomic E-state index is 11.8. The van der Waals surface area contributed by atoms with Gasteiger partial charge in [-0.25, -0.2) is 0 Å². The van der Waals surface area contributed by atoms with E-state index in [0.29, 0.717) is 44.5 Å². The third-order valence-corrected chi connectivity index (χ3v) is 11.7. The van der Waals surface area contributed by atoms with E-state index in [2.05, 4.69) is 156 Å². The molecule has 342 valence electrons. The summed E-state index contributed by atoms with van der Waals surface area (Å²) in [5.41, 5.74) is 8.42. The van der Waals surface area contributed by atoms with Crippen LogP contribution in [0.15, 0.2) is 84.9 Å². The average Bonchev–Trinajstić information content (AvgIpc) is 3.37. The SMILES string of the molecule is CCCCN(CCCC)c1ccc2c(c1)C#CC#Cc1cc(N(CCCC)CCCC)ccc1C#Cc1cc(c3cc1C#Cc1ccc([N+](=O)[O-])cc1C#CC#Cc1cc([N+](=O)[O-])ccc1C#C3)C#C2. The van der Waals surface area contributed by atoms with Crippen LogP contribution in [0.25, 0.3) is 0 Å². The van der Waals surface area contributed by atoms with Gasteiger partial charge in [-0.3, -0.25) is 20.2 Å². The number of hydrogen-bond acceptors (Lipinski definition) is 6. The van der Waals surface area contributed by atoms with Gasteiger partial charge in [-0.1, -0.05) is 124 Å². The quantitative estimate of drug-likeness (QED) is 0.0556. The zero-order chi connectivity index (χ0) is 49.2. The maximum absolute atomic E-state index is 11.8. The summed E-state index contributed by atoms with van der Waals surface area (Å²) in [4.78, 5) is 27.5. The van der Waals surface area contributed by atoms with Gasteiger partial charge in [0.05, 0.1) is 9.85 Å². The molecule has 8 heteroatoms. The Morgan fingerprint density at radius 2 is 0.600 bits per heavy atom. The highest BCUT2D eigenvalue weighted by atomic mass is 16.6. The molecule has 0 radical (unpaired) electrons. The molecule has 0 aromatic heterocycles. The van der Waals surface area contributed by atoms with Crippen molar-refractivity contribution >= 4 is 22.7 Å². The molecule has 0 spiro atoms. The maximum Gasteiger partial charge on any atom is 0.270 e. The van der Waals surface area contributed by atoms with Crippen LogP contribution in [0.4, 0.5) is 22.7 Å². The summed E-state index contributed by atoms with van der Waals surface area (Å²) < 4.78 is 0. The molecule has 0 N–H and O–H groups in total. The number of rotatable bonds is 16. The zero-order valence-corrected chi connectivity index (χ0v) is 40.0. The predicted molar refractivity (Wildman–Crippen MR) is 281 cm³/mol. The Morgan fingerprint density at radius 1 is 0.343 bits per heavy atom. The van der Waals surface area contributed by atoms with Gasteiger partial charge in [0.15, 0.2) is 0 Å². The average molecular weight is 915 g/mol. The van der Waals surface area contributed by atoms with Crippen molar-refractivity contribution in [2.24, 2.45) is 0 Å². The number of nitrogens with zero attached hydrogens (tertiary/aromatic N) is 4. The normalized spacial score (nSPS) is 10.9. The Morgan fingerprint density at radius 3 is 0.886 bits per heavy atom. The minimum Gasteiger partial charge on any atom is -0.372 e. The highest BCUT2D eigenvalue weighted by Gasteiger charge is 2.14. The number of hydrogen-bond donors (Lipinski definition) is 0. The van der Waals surface area contributed by atoms with Crippen LogP contribution < -0.4 is 9.80 Å². The molecule has 0 heterocycles. The van der Waals surface area contributed by atoms with Crippen molar-refractivity contribution in [2.45, 2.75) is 79.1 Å². The lowest BCUT2D eigenvalue weighted by molar-refractivity contribution is -0.385. The first-order valence-corrected chi connectivity index (χ1v) is 23.8. The Balaban J connectivity index is 1.51. The lowest BCUT2D eigenvalue weighted by atomic mass is 9.96. The molecule has 7 rings (SSSR count). The van der Waals surface area contributed by atoms with E-state index < -0.39 is 9.85 Å². The molecule has 5 aromatic carbocycles. The second kappa shape index (κ2) is 24.1. The summed E-state index contributed by atoms with van der Waals surface area (Å²) in [5.74, 6) is 51.1. The predicted octanol–water partition coefficient (Wildman–Crippen LogP) is 11.3. The zero-order valence-electron chi connectivity index (χ0n) is 40.0. The van der Waals surface area contributed by atoms with Gasteiger partial charge in [0.1, 0.15) is 0 Å². The fourth-order valence-corrected chi connectivity index (χ4v) is 7.68. The summed E-state index contributed by atoms with van der Waals surface area (Å²) in [5, 5.41) is 23.7. The first-order chi connectivity index (χ1) is 34.2. The van der Waals surface area contributed by atoms with Crippen molar-refractivity contribution in [3.63, 3.8) is 0 Å². The van der Waals surface area contributed by atoms with Crippen molar-refractivity contribution < 1.29 is 9.85 Å². The topological polar surface area (TPSA) is 92.8 Å². The Hall–Kier alpha value is -9.02. The highest BCUT2D eigenvalue weighted by Crippen LogP contribution is 2.25. The number of nitro benzene ring substituents is 2. The van der Waals surface area contributed by atoms with E-state index in [4.69, 9.17) is 0 Å². The second-order valence-corrected chi connectivity index (χ2v) is 16.8. The van der Waals surface area contributed by atoms with Crippen molar-refractivity contribution in [2.75, 3.05) is 36.0 Å². The third kappa shape index (κ3) is 12.7. The molecule has 0 saturated carbocycles. The summed E-state index contributed by atoms with van der Waals surface area (Å²) in [6, 6.07) is 24.8. The number of benzene rings is 5. The van der Waals surface area contributed by atoms with Gasteiger partial charge in [0.25, 0.3) is 11.4 Å². The number of fused-ring (bicyclic) bond motifs is 10. The largest absolute Gasteiger partial charge is 0.372 e. The molecule has 2 aliphatic rings. The number of unbranched alkanes of at least 4 members (excludes halogenated alkanes) is 4. The van der Waals surface area contributed by atoms with Crippen molar-refractivity contribution in [1.29, 1.82) is 0 Å². The Kier molecular flexibility index (Phi) is 16.9. The summed E-state index contributed by atoms with van der Waals surface area (Å²) in [6.07, 6.45) is 8.60. The van der Waals surface area contributed by atoms with E-state index in [-0.39, 0.29) is 11.4 Å². The smallest absolute Gasteiger partial charge is 0.270 e. The molecule has 0 saturated heterocycles. The molecule has 0 aliphatic heterocycles. The van der Waals surface area contributed by atoms with Crippen molar-refractivity contribution in [3.8, 4) is 94.7 Å². The molecule has 0 fully saturated rings. The number of nitro groups is 2. The van der Waals surface area contributed by atoms with Gasteiger partial charge < -0.3 is 9.80 Å². The first-order valence-electron chi connectivity index (χ1n) is 23.8. The van der Waals surface area contributed by atoms with Gasteiger partial charge in [-0.05, 0) is 110 Å². The van der Waals surface area contributed by atoms with E-state index in [1.54, 1.807) is 12.1 Å². The summed E-state index contributed by atoms with van der Waals surface area (Å²) in [6.45, 7) is 12.5. The molecular weight excluding hydrogens is 865 g/mol. The van der Waals surface area contributed by atoms with Crippen LogP contribution in [0.1, 0.15) is 146 Å². The van der Waals surface area contributed by atoms with Gasteiger partial charge in [0.2, 0.25) is 0 Å². The Labute approximate surface area is 412 Å². The molecule has 8 nitrogen and oxygen atoms in total. The van der Waals surface area contributed by atoms with Crippen molar-refractivity contribution in [3.05, 3.63) is 172 Å². The number of non-ortho nitro benzene ring substituents is 2. The van der Waals surface area contributed by atoms with E-state index in [0.717, 1.165) is 111 Å². The molecule has 70 heavy (non-hydrogen) atoms. The van der Waals surface area contributed by atoms with Crippen molar-refractivity contribution in [1.82, 2.24) is 0 Å². The summed E-state index contributed by atoms with van der Waals surface area (Å²) in [7, 11) is 0. The van der Waals surface area contributed by atoms with Crippen LogP contribution in [0.5, 0.6) is 0 Å². The van der Waals surface area contributed by atoms with Crippen LogP contribution in [-0.4, -0.2) is 36.0 Å². The van der Waals surface area contributed by atoms with E-state index >= 15 is 0 Å². The van der Waals surface area contributed by atoms with E-state index in [9.17, 15) is 20.2 Å². The third-order valence-electron chi connectivity index (χ3n) is 11.7. The first kappa shape index (κ1) is 48.9. The highest BCUT2D eigenvalue weighted by molar-refractivity contribution is 5.70. The van der Waals surface area contributed by atoms with Crippen LogP contribution >= 0.6 is 0 Å². The lowest BCUT2D eigenvalue weighted by Gasteiger charge is -2.25. The summed E-state index contributed by atoms with van der Waals surface area (Å²) >= 11 is 0. The van der Waals surface area contributed by atoms with Crippen LogP contribution in [0.3, 0.4) is 0 Å². The van der Waals surface area contributed by atoms with Gasteiger partial charge >= 0.3 is 0 Å². The van der Waals surface area contributed by atoms with Crippen LogP contribution in [0.2, 0.25) is 0 Å². The number of anilines is 2. The molecule has 0 atom stereocenters. The Bertz CT molecular complexity index is 3180. The fraction of sp³-hybridized carbons (Fsp3) is 0.258. The monoisotopic (exact) mass is 914 g/mol. The second-order valence-electron chi connectivity index (χ2n) is 16.8. The molecule has 2 aliphatic carbocycles. The van der Waals surface area contributed by atoms with E-state index in [1.807, 2.05) is 24.3 Å². The van der Waals surface area contributed by atoms with Crippen LogP contribution in [-0.2, 0) is 0 Å². The molecule has 0 unspecified atom stereocenters. The van der Waals surface area contributed by atoms with Gasteiger partial charge in [0, 0.05) is 129 Å².